The molecule has 0 amide bonds. The van der Waals surface area contributed by atoms with Crippen LogP contribution < -0.4 is 4.74 Å². The van der Waals surface area contributed by atoms with Crippen molar-refractivity contribution >= 4 is 22.1 Å². The average molecular weight is 271 g/mol. The van der Waals surface area contributed by atoms with E-state index in [2.05, 4.69) is 4.98 Å². The molecule has 0 aliphatic carbocycles. The number of aromatic hydroxyl groups is 1. The first-order valence-corrected chi connectivity index (χ1v) is 6.79. The SMILES string of the molecule is Cc1nc(Oc2cc3ccccc3cc2O)sc1C. The minimum absolute atomic E-state index is 0.129. The summed E-state index contributed by atoms with van der Waals surface area (Å²) < 4.78 is 5.68. The van der Waals surface area contributed by atoms with Crippen molar-refractivity contribution in [3.05, 3.63) is 47.0 Å². The van der Waals surface area contributed by atoms with E-state index in [1.165, 1.54) is 11.3 Å². The normalized spacial score (nSPS) is 10.8. The summed E-state index contributed by atoms with van der Waals surface area (Å²) in [7, 11) is 0. The van der Waals surface area contributed by atoms with Crippen LogP contribution in [-0.2, 0) is 0 Å². The summed E-state index contributed by atoms with van der Waals surface area (Å²) >= 11 is 1.48. The van der Waals surface area contributed by atoms with E-state index in [1.807, 2.05) is 44.2 Å². The number of rotatable bonds is 2. The van der Waals surface area contributed by atoms with Gasteiger partial charge < -0.3 is 9.84 Å². The molecule has 0 bridgehead atoms. The van der Waals surface area contributed by atoms with Gasteiger partial charge in [-0.15, -0.1) is 0 Å². The quantitative estimate of drug-likeness (QED) is 0.750. The number of benzene rings is 2. The molecule has 3 rings (SSSR count). The highest BCUT2D eigenvalue weighted by atomic mass is 32.1. The Labute approximate surface area is 115 Å². The van der Waals surface area contributed by atoms with Crippen molar-refractivity contribution < 1.29 is 9.84 Å². The topological polar surface area (TPSA) is 42.4 Å². The predicted octanol–water partition coefficient (Wildman–Crippen LogP) is 4.41. The smallest absolute Gasteiger partial charge is 0.279 e. The van der Waals surface area contributed by atoms with Gasteiger partial charge in [0, 0.05) is 4.88 Å². The van der Waals surface area contributed by atoms with E-state index in [1.54, 1.807) is 6.07 Å². The molecule has 3 aromatic rings. The highest BCUT2D eigenvalue weighted by Gasteiger charge is 2.10. The van der Waals surface area contributed by atoms with Gasteiger partial charge in [-0.05, 0) is 36.8 Å². The second-order valence-electron chi connectivity index (χ2n) is 4.39. The highest BCUT2D eigenvalue weighted by Crippen LogP contribution is 2.36. The molecule has 3 nitrogen and oxygen atoms in total. The first-order chi connectivity index (χ1) is 9.13. The van der Waals surface area contributed by atoms with E-state index in [9.17, 15) is 5.11 Å². The van der Waals surface area contributed by atoms with Gasteiger partial charge in [0.1, 0.15) is 0 Å². The lowest BCUT2D eigenvalue weighted by molar-refractivity contribution is 0.410. The standard InChI is InChI=1S/C15H13NO2S/c1-9-10(2)19-15(16-9)18-14-8-12-6-4-3-5-11(12)7-13(14)17/h3-8,17H,1-2H3. The molecule has 4 heteroatoms. The van der Waals surface area contributed by atoms with Gasteiger partial charge in [-0.1, -0.05) is 35.6 Å². The summed E-state index contributed by atoms with van der Waals surface area (Å²) in [6.07, 6.45) is 0. The molecule has 0 aliphatic heterocycles. The number of hydrogen-bond donors (Lipinski definition) is 1. The van der Waals surface area contributed by atoms with Crippen LogP contribution in [0.5, 0.6) is 16.7 Å². The Hall–Kier alpha value is -2.07. The molecule has 2 aromatic carbocycles. The Morgan fingerprint density at radius 2 is 1.79 bits per heavy atom. The third-order valence-corrected chi connectivity index (χ3v) is 3.98. The second kappa shape index (κ2) is 4.55. The molecule has 0 saturated carbocycles. The van der Waals surface area contributed by atoms with Crippen molar-refractivity contribution in [3.63, 3.8) is 0 Å². The number of phenols is 1. The van der Waals surface area contributed by atoms with Crippen LogP contribution in [0.2, 0.25) is 0 Å². The number of ether oxygens (including phenoxy) is 1. The van der Waals surface area contributed by atoms with Gasteiger partial charge in [0.05, 0.1) is 5.69 Å². The van der Waals surface area contributed by atoms with Gasteiger partial charge in [-0.25, -0.2) is 4.98 Å². The molecule has 1 N–H and O–H groups in total. The number of thiazole rings is 1. The van der Waals surface area contributed by atoms with Gasteiger partial charge in [-0.3, -0.25) is 0 Å². The van der Waals surface area contributed by atoms with E-state index in [-0.39, 0.29) is 5.75 Å². The molecule has 0 unspecified atom stereocenters. The molecule has 1 heterocycles. The zero-order valence-electron chi connectivity index (χ0n) is 10.7. The number of fused-ring (bicyclic) bond motifs is 1. The average Bonchev–Trinajstić information content (AvgIpc) is 2.69. The molecule has 0 saturated heterocycles. The van der Waals surface area contributed by atoms with E-state index < -0.39 is 0 Å². The number of hydrogen-bond acceptors (Lipinski definition) is 4. The van der Waals surface area contributed by atoms with Crippen LogP contribution in [-0.4, -0.2) is 10.1 Å². The highest BCUT2D eigenvalue weighted by molar-refractivity contribution is 7.13. The summed E-state index contributed by atoms with van der Waals surface area (Å²) in [6.45, 7) is 3.94. The fraction of sp³-hybridized carbons (Fsp3) is 0.133. The van der Waals surface area contributed by atoms with Gasteiger partial charge >= 0.3 is 0 Å². The number of nitrogens with zero attached hydrogens (tertiary/aromatic N) is 1. The van der Waals surface area contributed by atoms with Crippen molar-refractivity contribution in [1.29, 1.82) is 0 Å². The lowest BCUT2D eigenvalue weighted by Crippen LogP contribution is -1.85. The van der Waals surface area contributed by atoms with Crippen molar-refractivity contribution in [1.82, 2.24) is 4.98 Å². The molecule has 96 valence electrons. The zero-order valence-corrected chi connectivity index (χ0v) is 11.5. The number of phenolic OH excluding ortho intramolecular Hbond substituents is 1. The van der Waals surface area contributed by atoms with Crippen molar-refractivity contribution in [2.75, 3.05) is 0 Å². The summed E-state index contributed by atoms with van der Waals surface area (Å²) in [5.74, 6) is 0.566. The minimum atomic E-state index is 0.129. The molecule has 1 aromatic heterocycles. The maximum Gasteiger partial charge on any atom is 0.279 e. The largest absolute Gasteiger partial charge is 0.504 e. The van der Waals surface area contributed by atoms with E-state index in [4.69, 9.17) is 4.74 Å². The fourth-order valence-corrected chi connectivity index (χ4v) is 2.64. The Kier molecular flexibility index (Phi) is 2.87. The van der Waals surface area contributed by atoms with Crippen LogP contribution in [0.1, 0.15) is 10.6 Å². The fourth-order valence-electron chi connectivity index (χ4n) is 1.87. The third kappa shape index (κ3) is 2.27. The molecule has 0 radical (unpaired) electrons. The summed E-state index contributed by atoms with van der Waals surface area (Å²) in [5.41, 5.74) is 0.959. The van der Waals surface area contributed by atoms with Crippen LogP contribution in [0.25, 0.3) is 10.8 Å². The van der Waals surface area contributed by atoms with Crippen molar-refractivity contribution in [2.45, 2.75) is 13.8 Å². The summed E-state index contributed by atoms with van der Waals surface area (Å²) in [4.78, 5) is 5.43. The molecular weight excluding hydrogens is 258 g/mol. The van der Waals surface area contributed by atoms with Crippen LogP contribution in [0.4, 0.5) is 0 Å². The van der Waals surface area contributed by atoms with E-state index in [0.717, 1.165) is 21.3 Å². The Morgan fingerprint density at radius 1 is 1.11 bits per heavy atom. The molecule has 0 aliphatic rings. The molecule has 0 fully saturated rings. The third-order valence-electron chi connectivity index (χ3n) is 3.03. The van der Waals surface area contributed by atoms with Crippen LogP contribution in [0.15, 0.2) is 36.4 Å². The maximum atomic E-state index is 10.00. The van der Waals surface area contributed by atoms with Crippen LogP contribution >= 0.6 is 11.3 Å². The van der Waals surface area contributed by atoms with Gasteiger partial charge in [0.15, 0.2) is 11.5 Å². The van der Waals surface area contributed by atoms with Gasteiger partial charge in [0.2, 0.25) is 0 Å². The molecular formula is C15H13NO2S. The van der Waals surface area contributed by atoms with Crippen molar-refractivity contribution in [3.8, 4) is 16.7 Å². The van der Waals surface area contributed by atoms with Crippen molar-refractivity contribution in [2.24, 2.45) is 0 Å². The van der Waals surface area contributed by atoms with E-state index >= 15 is 0 Å². The molecule has 0 spiro atoms. The maximum absolute atomic E-state index is 10.00. The zero-order chi connectivity index (χ0) is 13.4. The Bertz CT molecular complexity index is 729. The van der Waals surface area contributed by atoms with Gasteiger partial charge in [0.25, 0.3) is 5.19 Å². The second-order valence-corrected chi connectivity index (χ2v) is 5.56. The van der Waals surface area contributed by atoms with E-state index in [0.29, 0.717) is 10.9 Å². The van der Waals surface area contributed by atoms with Crippen LogP contribution in [0, 0.1) is 13.8 Å². The summed E-state index contributed by atoms with van der Waals surface area (Å²) in [5, 5.41) is 12.6. The lowest BCUT2D eigenvalue weighted by Gasteiger charge is -2.06. The Balaban J connectivity index is 2.02. The molecule has 0 atom stereocenters. The monoisotopic (exact) mass is 271 g/mol. The lowest BCUT2D eigenvalue weighted by atomic mass is 10.1. The molecule has 19 heavy (non-hydrogen) atoms. The summed E-state index contributed by atoms with van der Waals surface area (Å²) in [6, 6.07) is 11.4. The predicted molar refractivity (Wildman–Crippen MR) is 77.3 cm³/mol. The van der Waals surface area contributed by atoms with Gasteiger partial charge in [-0.2, -0.15) is 0 Å². The Morgan fingerprint density at radius 3 is 2.42 bits per heavy atom. The minimum Gasteiger partial charge on any atom is -0.504 e. The number of aryl methyl sites for hydroxylation is 2. The first-order valence-electron chi connectivity index (χ1n) is 5.97. The van der Waals surface area contributed by atoms with Crippen LogP contribution in [0.3, 0.4) is 0 Å². The number of aromatic nitrogens is 1. The first kappa shape index (κ1) is 12.0.